The second-order valence-electron chi connectivity index (χ2n) is 3.51. The minimum absolute atomic E-state index is 0.345. The minimum atomic E-state index is 0.345. The van der Waals surface area contributed by atoms with E-state index in [-0.39, 0.29) is 0 Å². The highest BCUT2D eigenvalue weighted by atomic mass is 14.1. The first-order valence-electron chi connectivity index (χ1n) is 4.67. The van der Waals surface area contributed by atoms with Crippen LogP contribution >= 0.6 is 0 Å². The quantitative estimate of drug-likeness (QED) is 0.610. The molecule has 0 nitrogen and oxygen atoms in total. The Morgan fingerprint density at radius 3 is 2.69 bits per heavy atom. The number of allylic oxidation sites excluding steroid dienone is 1. The van der Waals surface area contributed by atoms with E-state index >= 15 is 0 Å². The molecule has 0 spiro atoms. The van der Waals surface area contributed by atoms with E-state index in [0.29, 0.717) is 5.92 Å². The zero-order valence-electron chi connectivity index (χ0n) is 8.51. The van der Waals surface area contributed by atoms with Crippen molar-refractivity contribution in [1.82, 2.24) is 0 Å². The zero-order valence-corrected chi connectivity index (χ0v) is 8.51. The van der Waals surface area contributed by atoms with E-state index in [1.54, 1.807) is 0 Å². The summed E-state index contributed by atoms with van der Waals surface area (Å²) in [7, 11) is 0. The van der Waals surface area contributed by atoms with Gasteiger partial charge < -0.3 is 0 Å². The van der Waals surface area contributed by atoms with Gasteiger partial charge in [0.1, 0.15) is 0 Å². The van der Waals surface area contributed by atoms with E-state index in [9.17, 15) is 0 Å². The summed E-state index contributed by atoms with van der Waals surface area (Å²) in [5, 5.41) is 0. The van der Waals surface area contributed by atoms with Crippen LogP contribution < -0.4 is 0 Å². The molecule has 1 rings (SSSR count). The number of benzene rings is 1. The number of aryl methyl sites for hydroxylation is 1. The molecule has 0 amide bonds. The Hall–Kier alpha value is -1.04. The molecule has 0 heterocycles. The molecule has 0 aromatic heterocycles. The standard InChI is InChI=1S/C13H17/c1-5-7-11(3)13-9-6-8-10(2)12(13)4/h5-6,8-9,11H,1,3,7H2,2,4H3. The van der Waals surface area contributed by atoms with Crippen LogP contribution in [0.25, 0.3) is 0 Å². The van der Waals surface area contributed by atoms with Gasteiger partial charge in [0, 0.05) is 0 Å². The van der Waals surface area contributed by atoms with E-state index in [1.165, 1.54) is 16.7 Å². The predicted molar refractivity (Wildman–Crippen MR) is 58.8 cm³/mol. The van der Waals surface area contributed by atoms with Crippen LogP contribution in [0.4, 0.5) is 0 Å². The Morgan fingerprint density at radius 1 is 1.38 bits per heavy atom. The van der Waals surface area contributed by atoms with Crippen molar-refractivity contribution >= 4 is 0 Å². The molecule has 0 fully saturated rings. The molecule has 0 aliphatic rings. The van der Waals surface area contributed by atoms with Crippen LogP contribution in [0, 0.1) is 20.8 Å². The van der Waals surface area contributed by atoms with Crippen molar-refractivity contribution in [2.75, 3.05) is 0 Å². The van der Waals surface area contributed by atoms with Gasteiger partial charge in [-0.15, -0.1) is 6.58 Å². The van der Waals surface area contributed by atoms with Crippen molar-refractivity contribution < 1.29 is 0 Å². The van der Waals surface area contributed by atoms with Crippen LogP contribution in [-0.4, -0.2) is 0 Å². The molecule has 1 aromatic rings. The molecule has 0 aliphatic carbocycles. The monoisotopic (exact) mass is 173 g/mol. The van der Waals surface area contributed by atoms with Gasteiger partial charge in [0.15, 0.2) is 0 Å². The zero-order chi connectivity index (χ0) is 9.84. The maximum absolute atomic E-state index is 4.13. The third-order valence-corrected chi connectivity index (χ3v) is 2.54. The molecule has 0 bridgehead atoms. The summed E-state index contributed by atoms with van der Waals surface area (Å²) in [6.07, 6.45) is 2.88. The molecule has 0 saturated heterocycles. The summed E-state index contributed by atoms with van der Waals surface area (Å²) in [5.41, 5.74) is 4.06. The Labute approximate surface area is 81.3 Å². The molecule has 1 unspecified atom stereocenters. The number of hydrogen-bond donors (Lipinski definition) is 0. The highest BCUT2D eigenvalue weighted by molar-refractivity contribution is 5.36. The van der Waals surface area contributed by atoms with Crippen LogP contribution in [0.15, 0.2) is 30.9 Å². The number of rotatable bonds is 3. The SMILES string of the molecule is [CH2]C(CC=C)c1cccc(C)c1C. The van der Waals surface area contributed by atoms with Gasteiger partial charge in [-0.25, -0.2) is 0 Å². The van der Waals surface area contributed by atoms with Crippen molar-refractivity contribution in [3.05, 3.63) is 54.5 Å². The molecule has 0 aliphatic heterocycles. The Bertz CT molecular complexity index is 297. The Balaban J connectivity index is 3.00. The van der Waals surface area contributed by atoms with E-state index in [0.717, 1.165) is 6.42 Å². The smallest absolute Gasteiger partial charge is 0.0125 e. The lowest BCUT2D eigenvalue weighted by atomic mass is 9.91. The molecule has 0 N–H and O–H groups in total. The minimum Gasteiger partial charge on any atom is -0.103 e. The summed E-state index contributed by atoms with van der Waals surface area (Å²) < 4.78 is 0. The first-order chi connectivity index (χ1) is 6.16. The van der Waals surface area contributed by atoms with Crippen molar-refractivity contribution in [3.8, 4) is 0 Å². The maximum atomic E-state index is 4.13. The lowest BCUT2D eigenvalue weighted by Crippen LogP contribution is -1.97. The van der Waals surface area contributed by atoms with Crippen LogP contribution in [0.5, 0.6) is 0 Å². The van der Waals surface area contributed by atoms with Gasteiger partial charge in [-0.05, 0) is 49.8 Å². The second kappa shape index (κ2) is 4.27. The molecule has 0 heteroatoms. The first kappa shape index (κ1) is 10.0. The summed E-state index contributed by atoms with van der Waals surface area (Å²) in [5.74, 6) is 0.345. The van der Waals surface area contributed by atoms with Gasteiger partial charge >= 0.3 is 0 Å². The van der Waals surface area contributed by atoms with Gasteiger partial charge in [-0.2, -0.15) is 0 Å². The lowest BCUT2D eigenvalue weighted by molar-refractivity contribution is 0.850. The summed E-state index contributed by atoms with van der Waals surface area (Å²) in [4.78, 5) is 0. The van der Waals surface area contributed by atoms with Gasteiger partial charge in [-0.3, -0.25) is 0 Å². The highest BCUT2D eigenvalue weighted by Gasteiger charge is 2.07. The fourth-order valence-corrected chi connectivity index (χ4v) is 1.54. The Kier molecular flexibility index (Phi) is 3.30. The molecule has 69 valence electrons. The van der Waals surface area contributed by atoms with Crippen molar-refractivity contribution in [1.29, 1.82) is 0 Å². The van der Waals surface area contributed by atoms with Crippen LogP contribution in [-0.2, 0) is 0 Å². The van der Waals surface area contributed by atoms with Crippen molar-refractivity contribution in [2.45, 2.75) is 26.2 Å². The van der Waals surface area contributed by atoms with Crippen LogP contribution in [0.2, 0.25) is 0 Å². The fourth-order valence-electron chi connectivity index (χ4n) is 1.54. The van der Waals surface area contributed by atoms with Gasteiger partial charge in [0.2, 0.25) is 0 Å². The predicted octanol–water partition coefficient (Wildman–Crippen LogP) is 3.80. The van der Waals surface area contributed by atoms with E-state index in [4.69, 9.17) is 0 Å². The van der Waals surface area contributed by atoms with E-state index in [2.05, 4.69) is 45.5 Å². The summed E-state index contributed by atoms with van der Waals surface area (Å²) >= 11 is 0. The normalized spacial score (nSPS) is 12.5. The molecule has 0 saturated carbocycles. The average Bonchev–Trinajstić information content (AvgIpc) is 2.10. The van der Waals surface area contributed by atoms with Crippen molar-refractivity contribution in [2.24, 2.45) is 0 Å². The van der Waals surface area contributed by atoms with Crippen molar-refractivity contribution in [3.63, 3.8) is 0 Å². The first-order valence-corrected chi connectivity index (χ1v) is 4.67. The molecule has 1 aromatic carbocycles. The largest absolute Gasteiger partial charge is 0.103 e. The van der Waals surface area contributed by atoms with E-state index in [1.807, 2.05) is 6.08 Å². The molecular weight excluding hydrogens is 156 g/mol. The third kappa shape index (κ3) is 2.21. The number of hydrogen-bond acceptors (Lipinski definition) is 0. The van der Waals surface area contributed by atoms with Gasteiger partial charge in [0.05, 0.1) is 0 Å². The highest BCUT2D eigenvalue weighted by Crippen LogP contribution is 2.24. The van der Waals surface area contributed by atoms with Gasteiger partial charge in [0.25, 0.3) is 0 Å². The second-order valence-corrected chi connectivity index (χ2v) is 3.51. The Morgan fingerprint density at radius 2 is 2.08 bits per heavy atom. The maximum Gasteiger partial charge on any atom is -0.0125 e. The van der Waals surface area contributed by atoms with E-state index < -0.39 is 0 Å². The molecule has 1 atom stereocenters. The molecular formula is C13H17. The summed E-state index contributed by atoms with van der Waals surface area (Å²) in [6, 6.07) is 6.39. The molecule has 1 radical (unpaired) electrons. The van der Waals surface area contributed by atoms with Crippen LogP contribution in [0.1, 0.15) is 29.0 Å². The topological polar surface area (TPSA) is 0 Å². The lowest BCUT2D eigenvalue weighted by Gasteiger charge is -2.14. The van der Waals surface area contributed by atoms with Crippen LogP contribution in [0.3, 0.4) is 0 Å². The third-order valence-electron chi connectivity index (χ3n) is 2.54. The fraction of sp³-hybridized carbons (Fsp3) is 0.308. The molecule has 13 heavy (non-hydrogen) atoms. The summed E-state index contributed by atoms with van der Waals surface area (Å²) in [6.45, 7) is 12.2. The van der Waals surface area contributed by atoms with Gasteiger partial charge in [-0.1, -0.05) is 24.3 Å². The average molecular weight is 173 g/mol.